The second kappa shape index (κ2) is 9.73. The summed E-state index contributed by atoms with van der Waals surface area (Å²) in [5, 5.41) is 0. The van der Waals surface area contributed by atoms with E-state index in [9.17, 15) is 9.59 Å². The molecule has 1 amide bonds. The molecule has 28 heavy (non-hydrogen) atoms. The standard InChI is InChI=1S/C20H30N2O6/c1-6-26-18(23)16-12-22(19(24)28-20(2,3)4)10-8-14(16)15-7-9-21-11-17(15)27-13-25-5/h7,9,11,14,16H,6,8,10,12-13H2,1-5H3. The molecule has 1 aliphatic rings. The molecule has 0 N–H and O–H groups in total. The van der Waals surface area contributed by atoms with Crippen LogP contribution in [0.15, 0.2) is 18.5 Å². The van der Waals surface area contributed by atoms with Gasteiger partial charge in [-0.1, -0.05) is 0 Å². The molecule has 2 heterocycles. The molecule has 1 saturated heterocycles. The van der Waals surface area contributed by atoms with E-state index in [1.54, 1.807) is 24.2 Å². The van der Waals surface area contributed by atoms with Gasteiger partial charge in [-0.2, -0.15) is 0 Å². The topological polar surface area (TPSA) is 87.2 Å². The maximum Gasteiger partial charge on any atom is 0.410 e. The number of carbonyl (C=O) groups excluding carboxylic acids is 2. The van der Waals surface area contributed by atoms with Crippen LogP contribution >= 0.6 is 0 Å². The molecule has 8 heteroatoms. The molecule has 0 spiro atoms. The van der Waals surface area contributed by atoms with Crippen LogP contribution in [0.1, 0.15) is 45.6 Å². The molecule has 0 radical (unpaired) electrons. The Morgan fingerprint density at radius 3 is 2.71 bits per heavy atom. The van der Waals surface area contributed by atoms with E-state index in [1.807, 2.05) is 26.8 Å². The van der Waals surface area contributed by atoms with Gasteiger partial charge in [-0.15, -0.1) is 0 Å². The molecule has 1 aromatic heterocycles. The van der Waals surface area contributed by atoms with Gasteiger partial charge in [-0.3, -0.25) is 9.78 Å². The predicted octanol–water partition coefficient (Wildman–Crippen LogP) is 2.97. The van der Waals surface area contributed by atoms with Crippen LogP contribution in [0.2, 0.25) is 0 Å². The lowest BCUT2D eigenvalue weighted by Crippen LogP contribution is -2.47. The number of hydrogen-bond acceptors (Lipinski definition) is 7. The van der Waals surface area contributed by atoms with Crippen LogP contribution in [-0.2, 0) is 19.0 Å². The van der Waals surface area contributed by atoms with E-state index in [1.165, 1.54) is 7.11 Å². The first-order valence-electron chi connectivity index (χ1n) is 9.47. The predicted molar refractivity (Wildman–Crippen MR) is 102 cm³/mol. The zero-order valence-electron chi connectivity index (χ0n) is 17.3. The fraction of sp³-hybridized carbons (Fsp3) is 0.650. The Morgan fingerprint density at radius 2 is 2.07 bits per heavy atom. The van der Waals surface area contributed by atoms with Crippen molar-refractivity contribution in [1.82, 2.24) is 9.88 Å². The van der Waals surface area contributed by atoms with Crippen molar-refractivity contribution in [3.05, 3.63) is 24.0 Å². The largest absolute Gasteiger partial charge is 0.466 e. The highest BCUT2D eigenvalue weighted by Gasteiger charge is 2.40. The second-order valence-electron chi connectivity index (χ2n) is 7.64. The lowest BCUT2D eigenvalue weighted by molar-refractivity contribution is -0.150. The number of methoxy groups -OCH3 is 1. The summed E-state index contributed by atoms with van der Waals surface area (Å²) >= 11 is 0. The maximum atomic E-state index is 12.7. The van der Waals surface area contributed by atoms with E-state index in [0.29, 0.717) is 18.7 Å². The molecule has 1 aliphatic heterocycles. The first-order chi connectivity index (χ1) is 13.3. The monoisotopic (exact) mass is 394 g/mol. The van der Waals surface area contributed by atoms with Crippen molar-refractivity contribution in [2.24, 2.45) is 5.92 Å². The quantitative estimate of drug-likeness (QED) is 0.541. The van der Waals surface area contributed by atoms with Gasteiger partial charge in [0.25, 0.3) is 0 Å². The molecule has 8 nitrogen and oxygen atoms in total. The van der Waals surface area contributed by atoms with E-state index < -0.39 is 17.6 Å². The number of ether oxygens (including phenoxy) is 4. The van der Waals surface area contributed by atoms with Crippen LogP contribution < -0.4 is 4.74 Å². The van der Waals surface area contributed by atoms with Gasteiger partial charge in [0.05, 0.1) is 18.7 Å². The van der Waals surface area contributed by atoms with Crippen molar-refractivity contribution in [2.45, 2.75) is 45.6 Å². The van der Waals surface area contributed by atoms with Crippen molar-refractivity contribution < 1.29 is 28.5 Å². The summed E-state index contributed by atoms with van der Waals surface area (Å²) in [6.45, 7) is 8.27. The molecule has 2 atom stereocenters. The third-order valence-electron chi connectivity index (χ3n) is 4.40. The Morgan fingerprint density at radius 1 is 1.32 bits per heavy atom. The molecule has 1 aromatic rings. The average Bonchev–Trinajstić information content (AvgIpc) is 2.65. The minimum absolute atomic E-state index is 0.0829. The number of rotatable bonds is 6. The third-order valence-corrected chi connectivity index (χ3v) is 4.40. The minimum atomic E-state index is -0.598. The van der Waals surface area contributed by atoms with Crippen molar-refractivity contribution >= 4 is 12.1 Å². The highest BCUT2D eigenvalue weighted by Crippen LogP contribution is 2.38. The maximum absolute atomic E-state index is 12.7. The van der Waals surface area contributed by atoms with Gasteiger partial charge in [0.15, 0.2) is 6.79 Å². The Bertz CT molecular complexity index is 673. The van der Waals surface area contributed by atoms with Gasteiger partial charge in [-0.25, -0.2) is 4.79 Å². The zero-order chi connectivity index (χ0) is 20.7. The second-order valence-corrected chi connectivity index (χ2v) is 7.64. The highest BCUT2D eigenvalue weighted by atomic mass is 16.7. The fourth-order valence-corrected chi connectivity index (χ4v) is 3.24. The third kappa shape index (κ3) is 5.82. The summed E-state index contributed by atoms with van der Waals surface area (Å²) in [6.07, 6.45) is 3.43. The van der Waals surface area contributed by atoms with Gasteiger partial charge < -0.3 is 23.8 Å². The molecule has 156 valence electrons. The van der Waals surface area contributed by atoms with Gasteiger partial charge in [0.2, 0.25) is 0 Å². The van der Waals surface area contributed by atoms with Crippen molar-refractivity contribution in [2.75, 3.05) is 33.6 Å². The van der Waals surface area contributed by atoms with E-state index in [4.69, 9.17) is 18.9 Å². The first-order valence-corrected chi connectivity index (χ1v) is 9.47. The number of esters is 1. The van der Waals surface area contributed by atoms with Crippen LogP contribution in [-0.4, -0.2) is 61.1 Å². The Hall–Kier alpha value is -2.35. The van der Waals surface area contributed by atoms with E-state index in [-0.39, 0.29) is 31.8 Å². The lowest BCUT2D eigenvalue weighted by Gasteiger charge is -2.38. The lowest BCUT2D eigenvalue weighted by atomic mass is 9.80. The van der Waals surface area contributed by atoms with Crippen molar-refractivity contribution in [1.29, 1.82) is 0 Å². The summed E-state index contributed by atoms with van der Waals surface area (Å²) in [5.41, 5.74) is 0.258. The van der Waals surface area contributed by atoms with E-state index in [2.05, 4.69) is 4.98 Å². The molecular weight excluding hydrogens is 364 g/mol. The molecule has 0 aromatic carbocycles. The smallest absolute Gasteiger partial charge is 0.410 e. The zero-order valence-corrected chi connectivity index (χ0v) is 17.3. The summed E-state index contributed by atoms with van der Waals surface area (Å²) in [7, 11) is 1.54. The van der Waals surface area contributed by atoms with Crippen LogP contribution in [0.4, 0.5) is 4.79 Å². The molecule has 2 unspecified atom stereocenters. The average molecular weight is 394 g/mol. The molecule has 0 bridgehead atoms. The summed E-state index contributed by atoms with van der Waals surface area (Å²) in [5.74, 6) is -0.453. The van der Waals surface area contributed by atoms with E-state index in [0.717, 1.165) is 5.56 Å². The SMILES string of the molecule is CCOC(=O)C1CN(C(=O)OC(C)(C)C)CCC1c1ccncc1OCOC. The Kier molecular flexibility index (Phi) is 7.62. The van der Waals surface area contributed by atoms with Crippen LogP contribution in [0, 0.1) is 5.92 Å². The normalized spacial score (nSPS) is 19.8. The highest BCUT2D eigenvalue weighted by molar-refractivity contribution is 5.76. The van der Waals surface area contributed by atoms with Crippen LogP contribution in [0.5, 0.6) is 5.75 Å². The van der Waals surface area contributed by atoms with Crippen LogP contribution in [0.3, 0.4) is 0 Å². The molecule has 2 rings (SSSR count). The number of nitrogens with zero attached hydrogens (tertiary/aromatic N) is 2. The molecular formula is C20H30N2O6. The first kappa shape index (κ1) is 21.9. The molecule has 0 saturated carbocycles. The van der Waals surface area contributed by atoms with E-state index >= 15 is 0 Å². The van der Waals surface area contributed by atoms with Gasteiger partial charge in [0.1, 0.15) is 11.4 Å². The summed E-state index contributed by atoms with van der Waals surface area (Å²) in [4.78, 5) is 30.8. The van der Waals surface area contributed by atoms with Crippen molar-refractivity contribution in [3.8, 4) is 5.75 Å². The van der Waals surface area contributed by atoms with Gasteiger partial charge in [0, 0.05) is 37.9 Å². The number of aromatic nitrogens is 1. The Balaban J connectivity index is 2.25. The number of piperidine rings is 1. The van der Waals surface area contributed by atoms with Gasteiger partial charge in [-0.05, 0) is 40.2 Å². The number of likely N-dealkylation sites (tertiary alicyclic amines) is 1. The van der Waals surface area contributed by atoms with Crippen LogP contribution in [0.25, 0.3) is 0 Å². The fourth-order valence-electron chi connectivity index (χ4n) is 3.24. The minimum Gasteiger partial charge on any atom is -0.466 e. The number of hydrogen-bond donors (Lipinski definition) is 0. The Labute approximate surface area is 166 Å². The summed E-state index contributed by atoms with van der Waals surface area (Å²) < 4.78 is 21.4. The molecule has 0 aliphatic carbocycles. The number of carbonyl (C=O) groups is 2. The van der Waals surface area contributed by atoms with Gasteiger partial charge >= 0.3 is 12.1 Å². The molecule has 1 fully saturated rings. The summed E-state index contributed by atoms with van der Waals surface area (Å²) in [6, 6.07) is 1.84. The van der Waals surface area contributed by atoms with Crippen molar-refractivity contribution in [3.63, 3.8) is 0 Å². The number of amides is 1. The number of pyridine rings is 1.